The fourth-order valence-electron chi connectivity index (χ4n) is 1.86. The smallest absolute Gasteiger partial charge is 0.239 e. The van der Waals surface area contributed by atoms with Crippen molar-refractivity contribution < 1.29 is 9.90 Å². The van der Waals surface area contributed by atoms with Crippen LogP contribution in [0.1, 0.15) is 26.2 Å². The van der Waals surface area contributed by atoms with Gasteiger partial charge in [0.15, 0.2) is 0 Å². The molecule has 4 nitrogen and oxygen atoms in total. The zero-order valence-corrected chi connectivity index (χ0v) is 8.78. The summed E-state index contributed by atoms with van der Waals surface area (Å²) in [7, 11) is 0. The maximum absolute atomic E-state index is 11.7. The van der Waals surface area contributed by atoms with Gasteiger partial charge in [-0.25, -0.2) is 0 Å². The number of aliphatic hydroxyl groups excluding tert-OH is 1. The molecule has 14 heavy (non-hydrogen) atoms. The Morgan fingerprint density at radius 2 is 2.43 bits per heavy atom. The molecule has 82 valence electrons. The van der Waals surface area contributed by atoms with Gasteiger partial charge in [-0.15, -0.1) is 0 Å². The summed E-state index contributed by atoms with van der Waals surface area (Å²) >= 11 is 0. The second kappa shape index (κ2) is 5.32. The molecule has 2 atom stereocenters. The van der Waals surface area contributed by atoms with Crippen LogP contribution in [0.15, 0.2) is 0 Å². The first-order chi connectivity index (χ1) is 6.69. The molecule has 3 N–H and O–H groups in total. The van der Waals surface area contributed by atoms with Crippen LogP contribution >= 0.6 is 0 Å². The van der Waals surface area contributed by atoms with Gasteiger partial charge >= 0.3 is 0 Å². The molecule has 0 radical (unpaired) electrons. The van der Waals surface area contributed by atoms with E-state index in [-0.39, 0.29) is 18.6 Å². The van der Waals surface area contributed by atoms with Gasteiger partial charge in [0, 0.05) is 19.7 Å². The Hall–Kier alpha value is -0.610. The van der Waals surface area contributed by atoms with Crippen molar-refractivity contribution in [3.8, 4) is 0 Å². The highest BCUT2D eigenvalue weighted by Gasteiger charge is 2.27. The number of nitrogens with two attached hydrogens (primary N) is 1. The van der Waals surface area contributed by atoms with Gasteiger partial charge in [-0.1, -0.05) is 6.92 Å². The number of carbonyl (C=O) groups excluding carboxylic acids is 1. The van der Waals surface area contributed by atoms with Crippen LogP contribution in [-0.2, 0) is 4.79 Å². The van der Waals surface area contributed by atoms with Gasteiger partial charge in [0.1, 0.15) is 0 Å². The standard InChI is InChI=1S/C10H20N2O2/c1-2-9(11)10(14)12-5-3-8(7-12)4-6-13/h8-9,13H,2-7,11H2,1H3/t8?,9-/m0/s1. The van der Waals surface area contributed by atoms with Crippen molar-refractivity contribution in [1.82, 2.24) is 4.90 Å². The van der Waals surface area contributed by atoms with Crippen LogP contribution in [0, 0.1) is 5.92 Å². The van der Waals surface area contributed by atoms with E-state index in [1.807, 2.05) is 11.8 Å². The Bertz CT molecular complexity index is 197. The fraction of sp³-hybridized carbons (Fsp3) is 0.900. The molecule has 1 rings (SSSR count). The largest absolute Gasteiger partial charge is 0.396 e. The van der Waals surface area contributed by atoms with Crippen molar-refractivity contribution in [2.45, 2.75) is 32.2 Å². The van der Waals surface area contributed by atoms with Gasteiger partial charge in [-0.2, -0.15) is 0 Å². The highest BCUT2D eigenvalue weighted by Crippen LogP contribution is 2.19. The minimum atomic E-state index is -0.345. The van der Waals surface area contributed by atoms with E-state index in [9.17, 15) is 4.79 Å². The molecular formula is C10H20N2O2. The molecule has 1 fully saturated rings. The van der Waals surface area contributed by atoms with Crippen LogP contribution in [0.5, 0.6) is 0 Å². The number of nitrogens with zero attached hydrogens (tertiary/aromatic N) is 1. The summed E-state index contributed by atoms with van der Waals surface area (Å²) in [5.74, 6) is 0.529. The predicted octanol–water partition coefficient (Wildman–Crippen LogP) is -0.0454. The van der Waals surface area contributed by atoms with Gasteiger partial charge in [0.05, 0.1) is 6.04 Å². The number of carbonyl (C=O) groups is 1. The van der Waals surface area contributed by atoms with Crippen LogP contribution in [-0.4, -0.2) is 41.7 Å². The molecule has 0 bridgehead atoms. The first kappa shape index (κ1) is 11.5. The third kappa shape index (κ3) is 2.69. The Kier molecular flexibility index (Phi) is 4.35. The predicted molar refractivity (Wildman–Crippen MR) is 54.7 cm³/mol. The normalized spacial score (nSPS) is 23.9. The van der Waals surface area contributed by atoms with Gasteiger partial charge in [-0.05, 0) is 25.2 Å². The van der Waals surface area contributed by atoms with Gasteiger partial charge in [0.25, 0.3) is 0 Å². The lowest BCUT2D eigenvalue weighted by Crippen LogP contribution is -2.42. The minimum Gasteiger partial charge on any atom is -0.396 e. The topological polar surface area (TPSA) is 66.6 Å². The number of likely N-dealkylation sites (tertiary alicyclic amines) is 1. The molecule has 1 saturated heterocycles. The summed E-state index contributed by atoms with van der Waals surface area (Å²) in [6.45, 7) is 3.71. The van der Waals surface area contributed by atoms with Crippen LogP contribution in [0.3, 0.4) is 0 Å². The summed E-state index contributed by atoms with van der Waals surface area (Å²) in [5.41, 5.74) is 5.68. The van der Waals surface area contributed by atoms with Crippen LogP contribution < -0.4 is 5.73 Å². The van der Waals surface area contributed by atoms with E-state index in [2.05, 4.69) is 0 Å². The van der Waals surface area contributed by atoms with Crippen molar-refractivity contribution in [3.05, 3.63) is 0 Å². The summed E-state index contributed by atoms with van der Waals surface area (Å²) in [5, 5.41) is 8.78. The average molecular weight is 200 g/mol. The molecule has 0 aromatic rings. The van der Waals surface area contributed by atoms with Crippen molar-refractivity contribution in [2.75, 3.05) is 19.7 Å². The highest BCUT2D eigenvalue weighted by atomic mass is 16.3. The molecule has 0 aromatic carbocycles. The highest BCUT2D eigenvalue weighted by molar-refractivity contribution is 5.81. The fourth-order valence-corrected chi connectivity index (χ4v) is 1.86. The first-order valence-electron chi connectivity index (χ1n) is 5.34. The molecule has 1 amide bonds. The van der Waals surface area contributed by atoms with E-state index in [4.69, 9.17) is 10.8 Å². The summed E-state index contributed by atoms with van der Waals surface area (Å²) in [6, 6.07) is -0.345. The number of rotatable bonds is 4. The van der Waals surface area contributed by atoms with Crippen molar-refractivity contribution in [2.24, 2.45) is 11.7 Å². The Morgan fingerprint density at radius 1 is 1.71 bits per heavy atom. The Labute approximate surface area is 85.1 Å². The molecular weight excluding hydrogens is 180 g/mol. The SMILES string of the molecule is CC[C@H](N)C(=O)N1CCC(CCO)C1. The lowest BCUT2D eigenvalue weighted by molar-refractivity contribution is -0.131. The summed E-state index contributed by atoms with van der Waals surface area (Å²) in [4.78, 5) is 13.5. The monoisotopic (exact) mass is 200 g/mol. The lowest BCUT2D eigenvalue weighted by Gasteiger charge is -2.19. The van der Waals surface area contributed by atoms with Gasteiger partial charge < -0.3 is 15.7 Å². The number of aliphatic hydroxyl groups is 1. The van der Waals surface area contributed by atoms with Crippen LogP contribution in [0.2, 0.25) is 0 Å². The second-order valence-electron chi connectivity index (χ2n) is 3.97. The maximum atomic E-state index is 11.7. The zero-order valence-electron chi connectivity index (χ0n) is 8.78. The number of amides is 1. The molecule has 1 unspecified atom stereocenters. The number of hydrogen-bond donors (Lipinski definition) is 2. The summed E-state index contributed by atoms with van der Waals surface area (Å²) < 4.78 is 0. The number of hydrogen-bond acceptors (Lipinski definition) is 3. The third-order valence-electron chi connectivity index (χ3n) is 2.89. The third-order valence-corrected chi connectivity index (χ3v) is 2.89. The Balaban J connectivity index is 2.37. The van der Waals surface area contributed by atoms with E-state index in [1.165, 1.54) is 0 Å². The van der Waals surface area contributed by atoms with Crippen molar-refractivity contribution in [1.29, 1.82) is 0 Å². The van der Waals surface area contributed by atoms with Crippen LogP contribution in [0.4, 0.5) is 0 Å². The molecule has 0 spiro atoms. The molecule has 0 saturated carbocycles. The molecule has 1 heterocycles. The van der Waals surface area contributed by atoms with Gasteiger partial charge in [-0.3, -0.25) is 4.79 Å². The maximum Gasteiger partial charge on any atom is 0.239 e. The van der Waals surface area contributed by atoms with Gasteiger partial charge in [0.2, 0.25) is 5.91 Å². The Morgan fingerprint density at radius 3 is 3.00 bits per heavy atom. The van der Waals surface area contributed by atoms with E-state index in [1.54, 1.807) is 0 Å². The lowest BCUT2D eigenvalue weighted by atomic mass is 10.1. The molecule has 4 heteroatoms. The molecule has 0 aliphatic carbocycles. The van der Waals surface area contributed by atoms with Crippen molar-refractivity contribution >= 4 is 5.91 Å². The molecule has 0 aromatic heterocycles. The minimum absolute atomic E-state index is 0.0629. The van der Waals surface area contributed by atoms with Crippen molar-refractivity contribution in [3.63, 3.8) is 0 Å². The zero-order chi connectivity index (χ0) is 10.6. The molecule has 1 aliphatic rings. The second-order valence-corrected chi connectivity index (χ2v) is 3.97. The van der Waals surface area contributed by atoms with E-state index >= 15 is 0 Å². The van der Waals surface area contributed by atoms with E-state index in [0.29, 0.717) is 12.3 Å². The first-order valence-corrected chi connectivity index (χ1v) is 5.34. The van der Waals surface area contributed by atoms with E-state index in [0.717, 1.165) is 25.9 Å². The van der Waals surface area contributed by atoms with E-state index < -0.39 is 0 Å². The molecule has 1 aliphatic heterocycles. The quantitative estimate of drug-likeness (QED) is 0.669. The van der Waals surface area contributed by atoms with Crippen LogP contribution in [0.25, 0.3) is 0 Å². The average Bonchev–Trinajstić information content (AvgIpc) is 2.64. The summed E-state index contributed by atoms with van der Waals surface area (Å²) in [6.07, 6.45) is 2.49.